The summed E-state index contributed by atoms with van der Waals surface area (Å²) in [6, 6.07) is 8.29. The molecule has 27 heavy (non-hydrogen) atoms. The quantitative estimate of drug-likeness (QED) is 0.695. The first-order valence-electron chi connectivity index (χ1n) is 10.2. The Morgan fingerprint density at radius 1 is 0.963 bits per heavy atom. The zero-order valence-corrected chi connectivity index (χ0v) is 17.6. The fraction of sp³-hybridized carbons (Fsp3) is 0.714. The van der Waals surface area contributed by atoms with Crippen molar-refractivity contribution in [1.82, 2.24) is 4.72 Å². The van der Waals surface area contributed by atoms with E-state index in [1.165, 1.54) is 12.8 Å². The Labute approximate surface area is 164 Å². The highest BCUT2D eigenvalue weighted by Gasteiger charge is 2.32. The summed E-state index contributed by atoms with van der Waals surface area (Å²) in [5.41, 5.74) is 1.12. The van der Waals surface area contributed by atoms with Crippen molar-refractivity contribution < 1.29 is 13.2 Å². The summed E-state index contributed by atoms with van der Waals surface area (Å²) in [6.45, 7) is 7.00. The number of sulfonamides is 1. The molecule has 2 fully saturated rings. The summed E-state index contributed by atoms with van der Waals surface area (Å²) < 4.78 is 32.5. The van der Waals surface area contributed by atoms with Crippen LogP contribution < -0.4 is 14.8 Å². The van der Waals surface area contributed by atoms with Crippen LogP contribution in [0.15, 0.2) is 24.3 Å². The van der Waals surface area contributed by atoms with Gasteiger partial charge in [-0.1, -0.05) is 0 Å². The van der Waals surface area contributed by atoms with Gasteiger partial charge >= 0.3 is 0 Å². The van der Waals surface area contributed by atoms with Gasteiger partial charge in [-0.15, -0.1) is 0 Å². The number of ether oxygens (including phenoxy) is 1. The van der Waals surface area contributed by atoms with E-state index in [2.05, 4.69) is 22.2 Å². The van der Waals surface area contributed by atoms with Gasteiger partial charge in [0, 0.05) is 18.3 Å². The second kappa shape index (κ2) is 8.39. The molecule has 2 aliphatic rings. The second-order valence-electron chi connectivity index (χ2n) is 9.11. The van der Waals surface area contributed by atoms with Crippen molar-refractivity contribution in [3.63, 3.8) is 0 Å². The number of hydrogen-bond acceptors (Lipinski definition) is 4. The van der Waals surface area contributed by atoms with Crippen molar-refractivity contribution in [3.8, 4) is 5.75 Å². The number of benzene rings is 1. The van der Waals surface area contributed by atoms with Gasteiger partial charge in [0.1, 0.15) is 5.75 Å². The van der Waals surface area contributed by atoms with Crippen LogP contribution in [0.4, 0.5) is 5.69 Å². The van der Waals surface area contributed by atoms with Crippen molar-refractivity contribution in [3.05, 3.63) is 24.3 Å². The SMILES string of the molecule is CC(C)(C)S(=O)(=O)NC1CCC(CNc2ccc(OCC3CC3)cc2)CC1. The van der Waals surface area contributed by atoms with Gasteiger partial charge in [-0.25, -0.2) is 13.1 Å². The zero-order valence-electron chi connectivity index (χ0n) is 16.8. The van der Waals surface area contributed by atoms with Crippen LogP contribution in [-0.2, 0) is 10.0 Å². The van der Waals surface area contributed by atoms with Crippen LogP contribution in [0, 0.1) is 11.8 Å². The van der Waals surface area contributed by atoms with Gasteiger partial charge in [0.15, 0.2) is 0 Å². The number of nitrogens with one attached hydrogen (secondary N) is 2. The molecule has 2 aliphatic carbocycles. The molecule has 0 saturated heterocycles. The van der Waals surface area contributed by atoms with Gasteiger partial charge in [0.2, 0.25) is 10.0 Å². The van der Waals surface area contributed by atoms with Gasteiger partial charge in [0.05, 0.1) is 11.4 Å². The lowest BCUT2D eigenvalue weighted by molar-refractivity contribution is 0.300. The topological polar surface area (TPSA) is 67.4 Å². The normalized spacial score (nSPS) is 23.8. The van der Waals surface area contributed by atoms with E-state index in [0.717, 1.165) is 56.2 Å². The van der Waals surface area contributed by atoms with Crippen molar-refractivity contribution in [2.45, 2.75) is 70.1 Å². The van der Waals surface area contributed by atoms with Gasteiger partial charge in [-0.05, 0) is 95.4 Å². The standard InChI is InChI=1S/C21H34N2O3S/c1-21(2,3)27(24,25)23-19-8-6-16(7-9-19)14-22-18-10-12-20(13-11-18)26-15-17-4-5-17/h10-13,16-17,19,22-23H,4-9,14-15H2,1-3H3. The molecule has 0 heterocycles. The molecule has 5 nitrogen and oxygen atoms in total. The third-order valence-corrected chi connectivity index (χ3v) is 7.86. The van der Waals surface area contributed by atoms with E-state index >= 15 is 0 Å². The Morgan fingerprint density at radius 2 is 1.56 bits per heavy atom. The van der Waals surface area contributed by atoms with Crippen LogP contribution in [0.1, 0.15) is 59.3 Å². The van der Waals surface area contributed by atoms with Crippen molar-refractivity contribution in [1.29, 1.82) is 0 Å². The monoisotopic (exact) mass is 394 g/mol. The molecule has 1 aromatic rings. The maximum Gasteiger partial charge on any atom is 0.216 e. The predicted octanol–water partition coefficient (Wildman–Crippen LogP) is 4.16. The molecule has 3 rings (SSSR count). The molecule has 0 radical (unpaired) electrons. The molecule has 0 amide bonds. The lowest BCUT2D eigenvalue weighted by atomic mass is 9.86. The Kier molecular flexibility index (Phi) is 6.36. The minimum atomic E-state index is -3.26. The van der Waals surface area contributed by atoms with Crippen LogP contribution >= 0.6 is 0 Å². The molecule has 0 unspecified atom stereocenters. The van der Waals surface area contributed by atoms with Crippen molar-refractivity contribution >= 4 is 15.7 Å². The third-order valence-electron chi connectivity index (χ3n) is 5.61. The summed E-state index contributed by atoms with van der Waals surface area (Å²) in [5, 5.41) is 3.51. The van der Waals surface area contributed by atoms with Gasteiger partial charge in [-0.3, -0.25) is 0 Å². The molecule has 2 N–H and O–H groups in total. The highest BCUT2D eigenvalue weighted by Crippen LogP contribution is 2.30. The van der Waals surface area contributed by atoms with Gasteiger partial charge in [0.25, 0.3) is 0 Å². The van der Waals surface area contributed by atoms with Crippen LogP contribution in [0.25, 0.3) is 0 Å². The average molecular weight is 395 g/mol. The van der Waals surface area contributed by atoms with Crippen molar-refractivity contribution in [2.24, 2.45) is 11.8 Å². The average Bonchev–Trinajstić information content (AvgIpc) is 3.43. The Hall–Kier alpha value is -1.27. The smallest absolute Gasteiger partial charge is 0.216 e. The summed E-state index contributed by atoms with van der Waals surface area (Å²) in [6.07, 6.45) is 6.53. The van der Waals surface area contributed by atoms with Crippen LogP contribution in [0.2, 0.25) is 0 Å². The van der Waals surface area contributed by atoms with Gasteiger partial charge < -0.3 is 10.1 Å². The minimum absolute atomic E-state index is 0.0772. The fourth-order valence-electron chi connectivity index (χ4n) is 3.31. The lowest BCUT2D eigenvalue weighted by Gasteiger charge is -2.31. The minimum Gasteiger partial charge on any atom is -0.493 e. The van der Waals surface area contributed by atoms with E-state index < -0.39 is 14.8 Å². The molecule has 0 bridgehead atoms. The van der Waals surface area contributed by atoms with E-state index in [1.807, 2.05) is 12.1 Å². The molecule has 0 aliphatic heterocycles. The van der Waals surface area contributed by atoms with Crippen LogP contribution in [0.3, 0.4) is 0 Å². The summed E-state index contributed by atoms with van der Waals surface area (Å²) >= 11 is 0. The highest BCUT2D eigenvalue weighted by molar-refractivity contribution is 7.90. The summed E-state index contributed by atoms with van der Waals surface area (Å²) in [5.74, 6) is 2.30. The maximum atomic E-state index is 12.3. The molecular weight excluding hydrogens is 360 g/mol. The molecule has 6 heteroatoms. The second-order valence-corrected chi connectivity index (χ2v) is 11.6. The number of anilines is 1. The molecule has 0 atom stereocenters. The van der Waals surface area contributed by atoms with E-state index in [9.17, 15) is 8.42 Å². The molecular formula is C21H34N2O3S. The largest absolute Gasteiger partial charge is 0.493 e. The third kappa shape index (κ3) is 6.11. The van der Waals surface area contributed by atoms with Crippen LogP contribution in [-0.4, -0.2) is 32.4 Å². The fourth-order valence-corrected chi connectivity index (χ4v) is 4.34. The first-order chi connectivity index (χ1) is 12.7. The Morgan fingerprint density at radius 3 is 2.11 bits per heavy atom. The van der Waals surface area contributed by atoms with Crippen LogP contribution in [0.5, 0.6) is 5.75 Å². The number of hydrogen-bond donors (Lipinski definition) is 2. The van der Waals surface area contributed by atoms with Gasteiger partial charge in [-0.2, -0.15) is 0 Å². The first-order valence-corrected chi connectivity index (χ1v) is 11.7. The number of rotatable bonds is 8. The molecule has 152 valence electrons. The van der Waals surface area contributed by atoms with Crippen molar-refractivity contribution in [2.75, 3.05) is 18.5 Å². The maximum absolute atomic E-state index is 12.3. The summed E-state index contributed by atoms with van der Waals surface area (Å²) in [7, 11) is -3.26. The summed E-state index contributed by atoms with van der Waals surface area (Å²) in [4.78, 5) is 0. The van der Waals surface area contributed by atoms with E-state index in [1.54, 1.807) is 20.8 Å². The van der Waals surface area contributed by atoms with E-state index in [4.69, 9.17) is 4.74 Å². The van der Waals surface area contributed by atoms with E-state index in [-0.39, 0.29) is 6.04 Å². The highest BCUT2D eigenvalue weighted by atomic mass is 32.2. The molecule has 2 saturated carbocycles. The molecule has 0 aromatic heterocycles. The lowest BCUT2D eigenvalue weighted by Crippen LogP contribution is -2.46. The molecule has 1 aromatic carbocycles. The predicted molar refractivity (Wildman–Crippen MR) is 111 cm³/mol. The molecule has 0 spiro atoms. The van der Waals surface area contributed by atoms with E-state index in [0.29, 0.717) is 5.92 Å². The Balaban J connectivity index is 1.38. The Bertz CT molecular complexity index is 698. The zero-order chi connectivity index (χ0) is 19.5. The first kappa shape index (κ1) is 20.5.